The van der Waals surface area contributed by atoms with Gasteiger partial charge in [-0.1, -0.05) is 62.6 Å². The average molecular weight is 404 g/mol. The molecule has 0 N–H and O–H groups in total. The maximum absolute atomic E-state index is 15.4. The van der Waals surface area contributed by atoms with E-state index in [2.05, 4.69) is 19.1 Å². The van der Waals surface area contributed by atoms with Crippen LogP contribution < -0.4 is 0 Å². The van der Waals surface area contributed by atoms with Crippen LogP contribution in [0.1, 0.15) is 72.8 Å². The normalized spacial score (nSPS) is 15.7. The van der Waals surface area contributed by atoms with E-state index >= 15 is 4.39 Å². The number of unbranched alkanes of at least 4 members (excludes halogenated alkanes) is 3. The van der Waals surface area contributed by atoms with Crippen LogP contribution >= 0.6 is 0 Å². The van der Waals surface area contributed by atoms with E-state index in [1.807, 2.05) is 30.3 Å². The smallest absolute Gasteiger partial charge is 0.144 e. The van der Waals surface area contributed by atoms with Gasteiger partial charge in [-0.2, -0.15) is 5.26 Å². The minimum absolute atomic E-state index is 0.0305. The van der Waals surface area contributed by atoms with Crippen LogP contribution in [0.3, 0.4) is 0 Å². The summed E-state index contributed by atoms with van der Waals surface area (Å²) >= 11 is 0. The molecule has 154 valence electrons. The molecule has 1 atom stereocenters. The van der Waals surface area contributed by atoms with Gasteiger partial charge in [0.2, 0.25) is 0 Å². The second-order valence-electron chi connectivity index (χ2n) is 8.45. The number of nitrogens with zero attached hydrogens (tertiary/aromatic N) is 1. The molecule has 3 heteroatoms. The van der Waals surface area contributed by atoms with Gasteiger partial charge in [-0.3, -0.25) is 0 Å². The lowest BCUT2D eigenvalue weighted by Gasteiger charge is -2.26. The zero-order valence-corrected chi connectivity index (χ0v) is 17.5. The van der Waals surface area contributed by atoms with Crippen molar-refractivity contribution in [3.8, 4) is 6.07 Å². The predicted octanol–water partition coefficient (Wildman–Crippen LogP) is 7.38. The van der Waals surface area contributed by atoms with Crippen molar-refractivity contribution < 1.29 is 8.78 Å². The van der Waals surface area contributed by atoms with Crippen molar-refractivity contribution in [3.63, 3.8) is 0 Å². The van der Waals surface area contributed by atoms with E-state index in [1.165, 1.54) is 37.3 Å². The van der Waals surface area contributed by atoms with Gasteiger partial charge in [0, 0.05) is 5.39 Å². The molecule has 30 heavy (non-hydrogen) atoms. The summed E-state index contributed by atoms with van der Waals surface area (Å²) in [4.78, 5) is 0. The Bertz CT molecular complexity index is 1110. The monoisotopic (exact) mass is 403 g/mol. The summed E-state index contributed by atoms with van der Waals surface area (Å²) in [5, 5.41) is 10.7. The van der Waals surface area contributed by atoms with Crippen LogP contribution in [0.5, 0.6) is 0 Å². The van der Waals surface area contributed by atoms with Gasteiger partial charge in [0.1, 0.15) is 17.7 Å². The van der Waals surface area contributed by atoms with Crippen LogP contribution in [0.4, 0.5) is 8.78 Å². The number of benzene rings is 3. The van der Waals surface area contributed by atoms with E-state index in [0.29, 0.717) is 35.8 Å². The zero-order valence-electron chi connectivity index (χ0n) is 17.5. The Balaban J connectivity index is 1.57. The Labute approximate surface area is 177 Å². The molecule has 0 saturated heterocycles. The van der Waals surface area contributed by atoms with Gasteiger partial charge in [-0.15, -0.1) is 0 Å². The summed E-state index contributed by atoms with van der Waals surface area (Å²) in [6.07, 6.45) is 7.77. The Morgan fingerprint density at radius 1 is 1.00 bits per heavy atom. The highest BCUT2D eigenvalue weighted by Gasteiger charge is 2.26. The lowest BCUT2D eigenvalue weighted by atomic mass is 9.79. The molecule has 3 aromatic carbocycles. The first-order valence-corrected chi connectivity index (χ1v) is 11.0. The molecule has 0 heterocycles. The van der Waals surface area contributed by atoms with Gasteiger partial charge in [-0.25, -0.2) is 8.78 Å². The molecule has 1 unspecified atom stereocenters. The fourth-order valence-corrected chi connectivity index (χ4v) is 4.75. The van der Waals surface area contributed by atoms with Crippen molar-refractivity contribution in [3.05, 3.63) is 81.9 Å². The number of nitriles is 1. The third-order valence-electron chi connectivity index (χ3n) is 6.48. The lowest BCUT2D eigenvalue weighted by Crippen LogP contribution is -2.16. The highest BCUT2D eigenvalue weighted by molar-refractivity contribution is 5.84. The Morgan fingerprint density at radius 2 is 1.87 bits per heavy atom. The molecule has 0 aromatic heterocycles. The molecule has 0 aliphatic heterocycles. The summed E-state index contributed by atoms with van der Waals surface area (Å²) < 4.78 is 29.8. The Morgan fingerprint density at radius 3 is 2.67 bits per heavy atom. The second kappa shape index (κ2) is 8.96. The molecule has 0 radical (unpaired) electrons. The summed E-state index contributed by atoms with van der Waals surface area (Å²) in [7, 11) is 0. The number of fused-ring (bicyclic) bond motifs is 2. The molecule has 3 aromatic rings. The van der Waals surface area contributed by atoms with Crippen LogP contribution in [-0.4, -0.2) is 0 Å². The highest BCUT2D eigenvalue weighted by atomic mass is 19.1. The summed E-state index contributed by atoms with van der Waals surface area (Å²) in [5.41, 5.74) is 3.59. The molecule has 0 saturated carbocycles. The molecule has 0 spiro atoms. The maximum atomic E-state index is 15.4. The first-order chi connectivity index (χ1) is 14.6. The molecule has 0 amide bonds. The fraction of sp³-hybridized carbons (Fsp3) is 0.370. The standard InChI is InChI=1S/C27H27F2N/c1-2-3-4-5-6-18-7-12-24-19(15-18)10-14-25(27(24)29)21-11-13-23-20(16-21)8-9-22(17-30)26(23)28/h7-10,12,14-15,21H,2-6,11,13,16H2,1H3. The Hall–Kier alpha value is -2.73. The summed E-state index contributed by atoms with van der Waals surface area (Å²) in [6, 6.07) is 15.3. The van der Waals surface area contributed by atoms with Crippen molar-refractivity contribution in [2.24, 2.45) is 0 Å². The summed E-state index contributed by atoms with van der Waals surface area (Å²) in [6.45, 7) is 2.21. The molecule has 4 rings (SSSR count). The van der Waals surface area contributed by atoms with E-state index in [4.69, 9.17) is 5.26 Å². The van der Waals surface area contributed by atoms with Crippen molar-refractivity contribution in [1.82, 2.24) is 0 Å². The number of hydrogen-bond donors (Lipinski definition) is 0. The first kappa shape index (κ1) is 20.5. The van der Waals surface area contributed by atoms with Gasteiger partial charge in [0.25, 0.3) is 0 Å². The van der Waals surface area contributed by atoms with Gasteiger partial charge < -0.3 is 0 Å². The topological polar surface area (TPSA) is 23.8 Å². The minimum Gasteiger partial charge on any atom is -0.206 e. The van der Waals surface area contributed by atoms with Crippen LogP contribution in [0.25, 0.3) is 10.8 Å². The van der Waals surface area contributed by atoms with Crippen LogP contribution in [-0.2, 0) is 19.3 Å². The van der Waals surface area contributed by atoms with E-state index in [-0.39, 0.29) is 17.3 Å². The van der Waals surface area contributed by atoms with Gasteiger partial charge >= 0.3 is 0 Å². The van der Waals surface area contributed by atoms with Crippen LogP contribution in [0, 0.1) is 23.0 Å². The van der Waals surface area contributed by atoms with Crippen molar-refractivity contribution in [1.29, 1.82) is 5.26 Å². The zero-order chi connectivity index (χ0) is 21.1. The van der Waals surface area contributed by atoms with Gasteiger partial charge in [-0.05, 0) is 71.7 Å². The molecular formula is C27H27F2N. The number of hydrogen-bond acceptors (Lipinski definition) is 1. The molecular weight excluding hydrogens is 376 g/mol. The minimum atomic E-state index is -0.404. The predicted molar refractivity (Wildman–Crippen MR) is 118 cm³/mol. The third kappa shape index (κ3) is 3.97. The average Bonchev–Trinajstić information content (AvgIpc) is 2.77. The molecule has 0 fully saturated rings. The number of halogens is 2. The van der Waals surface area contributed by atoms with E-state index in [1.54, 1.807) is 0 Å². The van der Waals surface area contributed by atoms with Crippen molar-refractivity contribution in [2.45, 2.75) is 64.2 Å². The van der Waals surface area contributed by atoms with E-state index in [9.17, 15) is 4.39 Å². The molecule has 1 aliphatic carbocycles. The lowest BCUT2D eigenvalue weighted by molar-refractivity contribution is 0.517. The van der Waals surface area contributed by atoms with Crippen LogP contribution in [0.2, 0.25) is 0 Å². The van der Waals surface area contributed by atoms with Gasteiger partial charge in [0.05, 0.1) is 5.56 Å². The van der Waals surface area contributed by atoms with Crippen molar-refractivity contribution >= 4 is 10.8 Å². The quantitative estimate of drug-likeness (QED) is 0.394. The van der Waals surface area contributed by atoms with E-state index < -0.39 is 5.82 Å². The highest BCUT2D eigenvalue weighted by Crippen LogP contribution is 2.37. The van der Waals surface area contributed by atoms with E-state index in [0.717, 1.165) is 17.4 Å². The second-order valence-corrected chi connectivity index (χ2v) is 8.45. The molecule has 0 bridgehead atoms. The largest absolute Gasteiger partial charge is 0.206 e. The number of aryl methyl sites for hydroxylation is 1. The summed E-state index contributed by atoms with van der Waals surface area (Å²) in [5.74, 6) is -0.519. The molecule has 1 nitrogen and oxygen atoms in total. The van der Waals surface area contributed by atoms with Crippen molar-refractivity contribution in [2.75, 3.05) is 0 Å². The Kier molecular flexibility index (Phi) is 6.13. The first-order valence-electron chi connectivity index (χ1n) is 11.0. The van der Waals surface area contributed by atoms with Crippen LogP contribution in [0.15, 0.2) is 42.5 Å². The number of rotatable bonds is 6. The fourth-order valence-electron chi connectivity index (χ4n) is 4.75. The van der Waals surface area contributed by atoms with Gasteiger partial charge in [0.15, 0.2) is 0 Å². The molecule has 1 aliphatic rings. The SMILES string of the molecule is CCCCCCc1ccc2c(F)c(C3CCc4c(ccc(C#N)c4F)C3)ccc2c1. The maximum Gasteiger partial charge on any atom is 0.144 e. The third-order valence-corrected chi connectivity index (χ3v) is 6.48.